The fourth-order valence-corrected chi connectivity index (χ4v) is 2.62. The van der Waals surface area contributed by atoms with Gasteiger partial charge >= 0.3 is 0 Å². The lowest BCUT2D eigenvalue weighted by Gasteiger charge is -2.42. The van der Waals surface area contributed by atoms with Crippen molar-refractivity contribution in [3.63, 3.8) is 0 Å². The van der Waals surface area contributed by atoms with Crippen molar-refractivity contribution in [3.05, 3.63) is 0 Å². The molecule has 0 amide bonds. The van der Waals surface area contributed by atoms with Gasteiger partial charge in [-0.1, -0.05) is 0 Å². The second-order valence-electron chi connectivity index (χ2n) is 7.07. The molecule has 1 atom stereocenters. The zero-order valence-corrected chi connectivity index (χ0v) is 13.5. The van der Waals surface area contributed by atoms with Crippen LogP contribution in [0.5, 0.6) is 0 Å². The van der Waals surface area contributed by atoms with Crippen molar-refractivity contribution in [2.75, 3.05) is 46.4 Å². The molecule has 114 valence electrons. The first-order valence-corrected chi connectivity index (χ1v) is 7.58. The van der Waals surface area contributed by atoms with Crippen molar-refractivity contribution in [2.45, 2.75) is 51.6 Å². The highest BCUT2D eigenvalue weighted by Gasteiger charge is 2.26. The van der Waals surface area contributed by atoms with Gasteiger partial charge in [0.15, 0.2) is 0 Å². The van der Waals surface area contributed by atoms with Gasteiger partial charge in [0.1, 0.15) is 0 Å². The fraction of sp³-hybridized carbons (Fsp3) is 1.00. The Morgan fingerprint density at radius 2 is 1.63 bits per heavy atom. The summed E-state index contributed by atoms with van der Waals surface area (Å²) in [6.07, 6.45) is 2.17. The van der Waals surface area contributed by atoms with E-state index in [2.05, 4.69) is 42.8 Å². The van der Waals surface area contributed by atoms with Crippen LogP contribution in [0, 0.1) is 0 Å². The molecular weight excluding hydrogens is 238 g/mol. The minimum Gasteiger partial charge on any atom is -0.394 e. The maximum absolute atomic E-state index is 9.36. The highest BCUT2D eigenvalue weighted by Crippen LogP contribution is 2.17. The van der Waals surface area contributed by atoms with Crippen LogP contribution in [0.2, 0.25) is 0 Å². The summed E-state index contributed by atoms with van der Waals surface area (Å²) in [5.41, 5.74) is 0.181. The topological polar surface area (TPSA) is 38.7 Å². The summed E-state index contributed by atoms with van der Waals surface area (Å²) in [7, 11) is 1.93. The number of aliphatic hydroxyl groups is 1. The third kappa shape index (κ3) is 5.38. The molecule has 4 nitrogen and oxygen atoms in total. The summed E-state index contributed by atoms with van der Waals surface area (Å²) in [5, 5.41) is 12.6. The largest absolute Gasteiger partial charge is 0.394 e. The number of rotatable bonds is 6. The minimum atomic E-state index is -0.118. The van der Waals surface area contributed by atoms with Gasteiger partial charge in [0.2, 0.25) is 0 Å². The van der Waals surface area contributed by atoms with Crippen LogP contribution in [0.4, 0.5) is 0 Å². The Morgan fingerprint density at radius 1 is 1.05 bits per heavy atom. The number of aliphatic hydroxyl groups excluding tert-OH is 1. The van der Waals surface area contributed by atoms with Gasteiger partial charge in [-0.15, -0.1) is 0 Å². The van der Waals surface area contributed by atoms with Gasteiger partial charge in [0.05, 0.1) is 6.61 Å². The number of hydrogen-bond donors (Lipinski definition) is 2. The average molecular weight is 271 g/mol. The summed E-state index contributed by atoms with van der Waals surface area (Å²) >= 11 is 0. The van der Waals surface area contributed by atoms with Gasteiger partial charge in [-0.05, 0) is 54.1 Å². The van der Waals surface area contributed by atoms with Gasteiger partial charge in [0.25, 0.3) is 0 Å². The standard InChI is InChI=1S/C15H33N3O/c1-14(2,3)18-11-9-17(10-12-18)8-6-7-15(4,13-19)16-5/h16,19H,6-13H2,1-5H3. The smallest absolute Gasteiger partial charge is 0.0610 e. The molecular formula is C15H33N3O. The fourth-order valence-electron chi connectivity index (χ4n) is 2.62. The van der Waals surface area contributed by atoms with E-state index in [1.165, 1.54) is 26.2 Å². The molecule has 1 unspecified atom stereocenters. The highest BCUT2D eigenvalue weighted by atomic mass is 16.3. The molecule has 2 N–H and O–H groups in total. The molecule has 0 radical (unpaired) electrons. The number of piperazine rings is 1. The number of likely N-dealkylation sites (N-methyl/N-ethyl adjacent to an activating group) is 1. The monoisotopic (exact) mass is 271 g/mol. The van der Waals surface area contributed by atoms with Gasteiger partial charge < -0.3 is 15.3 Å². The van der Waals surface area contributed by atoms with E-state index >= 15 is 0 Å². The SMILES string of the molecule is CNC(C)(CO)CCCN1CCN(C(C)(C)C)CC1. The van der Waals surface area contributed by atoms with Crippen LogP contribution in [0.15, 0.2) is 0 Å². The van der Waals surface area contributed by atoms with Crippen LogP contribution >= 0.6 is 0 Å². The van der Waals surface area contributed by atoms with Crippen molar-refractivity contribution in [1.29, 1.82) is 0 Å². The Bertz CT molecular complexity index is 251. The van der Waals surface area contributed by atoms with Crippen LogP contribution in [0.25, 0.3) is 0 Å². The van der Waals surface area contributed by atoms with E-state index in [4.69, 9.17) is 0 Å². The van der Waals surface area contributed by atoms with Gasteiger partial charge in [-0.3, -0.25) is 4.90 Å². The predicted molar refractivity (Wildman–Crippen MR) is 81.6 cm³/mol. The van der Waals surface area contributed by atoms with Gasteiger partial charge in [-0.25, -0.2) is 0 Å². The quantitative estimate of drug-likeness (QED) is 0.760. The number of nitrogens with zero attached hydrogens (tertiary/aromatic N) is 2. The second kappa shape index (κ2) is 7.02. The van der Waals surface area contributed by atoms with Crippen LogP contribution < -0.4 is 5.32 Å². The van der Waals surface area contributed by atoms with Crippen molar-refractivity contribution >= 4 is 0 Å². The first kappa shape index (κ1) is 16.9. The molecule has 1 rings (SSSR count). The molecule has 1 aliphatic heterocycles. The Balaban J connectivity index is 2.23. The summed E-state index contributed by atoms with van der Waals surface area (Å²) < 4.78 is 0. The number of nitrogens with one attached hydrogen (secondary N) is 1. The molecule has 1 saturated heterocycles. The first-order valence-electron chi connectivity index (χ1n) is 7.58. The Hall–Kier alpha value is -0.160. The summed E-state index contributed by atoms with van der Waals surface area (Å²) in [6, 6.07) is 0. The van der Waals surface area contributed by atoms with Crippen LogP contribution in [-0.2, 0) is 0 Å². The molecule has 4 heteroatoms. The predicted octanol–water partition coefficient (Wildman–Crippen LogP) is 1.15. The lowest BCUT2D eigenvalue weighted by Crippen LogP contribution is -2.53. The van der Waals surface area contributed by atoms with Gasteiger partial charge in [0, 0.05) is 37.3 Å². The van der Waals surface area contributed by atoms with E-state index in [1.807, 2.05) is 7.05 Å². The van der Waals surface area contributed by atoms with E-state index in [0.29, 0.717) is 5.54 Å². The zero-order valence-electron chi connectivity index (χ0n) is 13.5. The van der Waals surface area contributed by atoms with Crippen LogP contribution in [0.1, 0.15) is 40.5 Å². The van der Waals surface area contributed by atoms with Crippen LogP contribution in [0.3, 0.4) is 0 Å². The van der Waals surface area contributed by atoms with Gasteiger partial charge in [-0.2, -0.15) is 0 Å². The van der Waals surface area contributed by atoms with Crippen molar-refractivity contribution in [3.8, 4) is 0 Å². The highest BCUT2D eigenvalue weighted by molar-refractivity contribution is 4.83. The molecule has 0 saturated carbocycles. The third-order valence-electron chi connectivity index (χ3n) is 4.48. The molecule has 0 bridgehead atoms. The van der Waals surface area contributed by atoms with E-state index in [1.54, 1.807) is 0 Å². The third-order valence-corrected chi connectivity index (χ3v) is 4.48. The minimum absolute atomic E-state index is 0.118. The maximum Gasteiger partial charge on any atom is 0.0610 e. The van der Waals surface area contributed by atoms with Crippen molar-refractivity contribution in [2.24, 2.45) is 0 Å². The van der Waals surface area contributed by atoms with Crippen molar-refractivity contribution in [1.82, 2.24) is 15.1 Å². The molecule has 19 heavy (non-hydrogen) atoms. The lowest BCUT2D eigenvalue weighted by molar-refractivity contribution is 0.0598. The van der Waals surface area contributed by atoms with E-state index in [0.717, 1.165) is 19.4 Å². The molecule has 1 heterocycles. The van der Waals surface area contributed by atoms with Crippen molar-refractivity contribution < 1.29 is 5.11 Å². The summed E-state index contributed by atoms with van der Waals surface area (Å²) in [6.45, 7) is 15.0. The Kier molecular flexibility index (Phi) is 6.24. The Morgan fingerprint density at radius 3 is 2.05 bits per heavy atom. The molecule has 0 aromatic carbocycles. The normalized spacial score (nSPS) is 22.4. The summed E-state index contributed by atoms with van der Waals surface area (Å²) in [5.74, 6) is 0. The number of hydrogen-bond acceptors (Lipinski definition) is 4. The zero-order chi connectivity index (χ0) is 14.5. The molecule has 0 spiro atoms. The first-order chi connectivity index (χ1) is 8.80. The molecule has 0 aromatic heterocycles. The Labute approximate surface area is 119 Å². The lowest BCUT2D eigenvalue weighted by atomic mass is 9.97. The van der Waals surface area contributed by atoms with E-state index < -0.39 is 0 Å². The molecule has 0 aromatic rings. The molecule has 1 aliphatic rings. The average Bonchev–Trinajstić information content (AvgIpc) is 2.38. The maximum atomic E-state index is 9.36. The van der Waals surface area contributed by atoms with E-state index in [9.17, 15) is 5.11 Å². The van der Waals surface area contributed by atoms with E-state index in [-0.39, 0.29) is 12.1 Å². The summed E-state index contributed by atoms with van der Waals surface area (Å²) in [4.78, 5) is 5.12. The molecule has 0 aliphatic carbocycles. The second-order valence-corrected chi connectivity index (χ2v) is 7.07. The van der Waals surface area contributed by atoms with Crippen LogP contribution in [-0.4, -0.2) is 72.4 Å². The molecule has 1 fully saturated rings.